The van der Waals surface area contributed by atoms with Gasteiger partial charge in [0.15, 0.2) is 5.12 Å². The van der Waals surface area contributed by atoms with Crippen LogP contribution in [0.25, 0.3) is 6.08 Å². The third kappa shape index (κ3) is 8.20. The number of nitrogens with one attached hydrogen (secondary N) is 1. The van der Waals surface area contributed by atoms with Crippen molar-refractivity contribution in [2.24, 2.45) is 0 Å². The fourth-order valence-corrected chi connectivity index (χ4v) is 3.69. The molecule has 1 aromatic rings. The summed E-state index contributed by atoms with van der Waals surface area (Å²) in [6.45, 7) is 7.08. The third-order valence-corrected chi connectivity index (χ3v) is 5.71. The van der Waals surface area contributed by atoms with Gasteiger partial charge in [-0.15, -0.1) is 0 Å². The molecule has 1 saturated heterocycles. The van der Waals surface area contributed by atoms with Gasteiger partial charge in [-0.2, -0.15) is 0 Å². The maximum atomic E-state index is 12.8. The molecule has 1 aliphatic rings. The highest BCUT2D eigenvalue weighted by molar-refractivity contribution is 8.13. The molecule has 0 radical (unpaired) electrons. The molecule has 3 amide bonds. The van der Waals surface area contributed by atoms with Gasteiger partial charge >= 0.3 is 6.03 Å². The van der Waals surface area contributed by atoms with E-state index in [1.807, 2.05) is 49.5 Å². The lowest BCUT2D eigenvalue weighted by molar-refractivity contribution is -0.134. The molecule has 164 valence electrons. The number of amides is 3. The van der Waals surface area contributed by atoms with Crippen LogP contribution < -0.4 is 5.32 Å². The number of thioether (sulfide) groups is 1. The standard InChI is InChI=1S/C22H32N4O3S/c1-18(21(28)25-14-12-24(3)13-15-25)23-22(29)26(16-17-30-19(2)27)11-7-10-20-8-5-4-6-9-20/h4-10,18H,11-17H2,1-3H3,(H,23,29)/b10-7+/t18-/m0/s1. The number of rotatable bonds is 8. The summed E-state index contributed by atoms with van der Waals surface area (Å²) in [5, 5.41) is 2.85. The van der Waals surface area contributed by atoms with E-state index in [2.05, 4.69) is 10.2 Å². The van der Waals surface area contributed by atoms with Gasteiger partial charge in [-0.1, -0.05) is 54.2 Å². The van der Waals surface area contributed by atoms with Gasteiger partial charge < -0.3 is 20.0 Å². The van der Waals surface area contributed by atoms with Crippen molar-refractivity contribution >= 4 is 34.9 Å². The Morgan fingerprint density at radius 1 is 1.17 bits per heavy atom. The number of hydrogen-bond donors (Lipinski definition) is 1. The van der Waals surface area contributed by atoms with E-state index in [9.17, 15) is 14.4 Å². The molecule has 1 aromatic carbocycles. The summed E-state index contributed by atoms with van der Waals surface area (Å²) in [6.07, 6.45) is 3.87. The van der Waals surface area contributed by atoms with Gasteiger partial charge in [0.1, 0.15) is 6.04 Å². The third-order valence-electron chi connectivity index (χ3n) is 4.91. The van der Waals surface area contributed by atoms with Gasteiger partial charge in [-0.25, -0.2) is 4.79 Å². The number of urea groups is 1. The van der Waals surface area contributed by atoms with Crippen molar-refractivity contribution in [3.05, 3.63) is 42.0 Å². The van der Waals surface area contributed by atoms with Crippen molar-refractivity contribution in [1.29, 1.82) is 0 Å². The van der Waals surface area contributed by atoms with E-state index in [0.29, 0.717) is 31.9 Å². The van der Waals surface area contributed by atoms with Crippen molar-refractivity contribution in [2.75, 3.05) is 52.1 Å². The first kappa shape index (κ1) is 24.0. The zero-order valence-corrected chi connectivity index (χ0v) is 18.9. The molecule has 0 aromatic heterocycles. The summed E-state index contributed by atoms with van der Waals surface area (Å²) in [5.41, 5.74) is 1.05. The minimum Gasteiger partial charge on any atom is -0.338 e. The highest BCUT2D eigenvalue weighted by Gasteiger charge is 2.26. The Kier molecular flexibility index (Phi) is 9.89. The van der Waals surface area contributed by atoms with Crippen molar-refractivity contribution < 1.29 is 14.4 Å². The molecule has 7 nitrogen and oxygen atoms in total. The molecule has 2 rings (SSSR count). The molecule has 0 bridgehead atoms. The van der Waals surface area contributed by atoms with Crippen molar-refractivity contribution in [3.63, 3.8) is 0 Å². The Balaban J connectivity index is 1.93. The maximum Gasteiger partial charge on any atom is 0.318 e. The second kappa shape index (κ2) is 12.4. The van der Waals surface area contributed by atoms with Gasteiger partial charge in [0.05, 0.1) is 0 Å². The Morgan fingerprint density at radius 3 is 2.47 bits per heavy atom. The number of likely N-dealkylation sites (N-methyl/N-ethyl adjacent to an activating group) is 1. The first-order valence-corrected chi connectivity index (χ1v) is 11.2. The van der Waals surface area contributed by atoms with Gasteiger partial charge in [0.25, 0.3) is 0 Å². The number of piperazine rings is 1. The number of benzene rings is 1. The van der Waals surface area contributed by atoms with Crippen LogP contribution in [0.1, 0.15) is 19.4 Å². The second-order valence-electron chi connectivity index (χ2n) is 7.40. The maximum absolute atomic E-state index is 12.8. The van der Waals surface area contributed by atoms with E-state index >= 15 is 0 Å². The van der Waals surface area contributed by atoms with E-state index in [1.165, 1.54) is 18.7 Å². The van der Waals surface area contributed by atoms with E-state index in [1.54, 1.807) is 16.7 Å². The molecule has 1 N–H and O–H groups in total. The van der Waals surface area contributed by atoms with Crippen LogP contribution in [-0.2, 0) is 9.59 Å². The number of carbonyl (C=O) groups is 3. The molecule has 1 atom stereocenters. The Hall–Kier alpha value is -2.32. The predicted octanol–water partition coefficient (Wildman–Crippen LogP) is 2.15. The van der Waals surface area contributed by atoms with Crippen molar-refractivity contribution in [3.8, 4) is 0 Å². The minimum atomic E-state index is -0.595. The molecule has 1 fully saturated rings. The second-order valence-corrected chi connectivity index (χ2v) is 8.67. The topological polar surface area (TPSA) is 73.0 Å². The number of nitrogens with zero attached hydrogens (tertiary/aromatic N) is 3. The molecule has 8 heteroatoms. The van der Waals surface area contributed by atoms with Crippen LogP contribution in [0.2, 0.25) is 0 Å². The molecular weight excluding hydrogens is 400 g/mol. The van der Waals surface area contributed by atoms with Crippen LogP contribution in [-0.4, -0.2) is 89.9 Å². The minimum absolute atomic E-state index is 0.0220. The Labute approximate surface area is 183 Å². The van der Waals surface area contributed by atoms with Gasteiger partial charge in [-0.3, -0.25) is 9.59 Å². The van der Waals surface area contributed by atoms with Crippen LogP contribution in [0.15, 0.2) is 36.4 Å². The van der Waals surface area contributed by atoms with Crippen LogP contribution in [0.4, 0.5) is 4.79 Å². The van der Waals surface area contributed by atoms with E-state index < -0.39 is 6.04 Å². The Bertz CT molecular complexity index is 733. The first-order valence-electron chi connectivity index (χ1n) is 10.2. The van der Waals surface area contributed by atoms with Gasteiger partial charge in [0, 0.05) is 51.9 Å². The molecule has 0 spiro atoms. The SMILES string of the molecule is CC(=O)SCCN(C/C=C/c1ccccc1)C(=O)N[C@@H](C)C(=O)N1CCN(C)CC1. The number of carbonyl (C=O) groups excluding carboxylic acids is 3. The molecule has 1 aliphatic heterocycles. The summed E-state index contributed by atoms with van der Waals surface area (Å²) in [6, 6.07) is 8.95. The summed E-state index contributed by atoms with van der Waals surface area (Å²) in [5.74, 6) is 0.456. The van der Waals surface area contributed by atoms with E-state index in [4.69, 9.17) is 0 Å². The van der Waals surface area contributed by atoms with Crippen molar-refractivity contribution in [2.45, 2.75) is 19.9 Å². The van der Waals surface area contributed by atoms with Crippen LogP contribution in [0.3, 0.4) is 0 Å². The lowest BCUT2D eigenvalue weighted by Gasteiger charge is -2.34. The zero-order valence-electron chi connectivity index (χ0n) is 18.0. The summed E-state index contributed by atoms with van der Waals surface area (Å²) in [4.78, 5) is 42.3. The first-order chi connectivity index (χ1) is 14.4. The lowest BCUT2D eigenvalue weighted by Crippen LogP contribution is -2.55. The van der Waals surface area contributed by atoms with Crippen LogP contribution in [0.5, 0.6) is 0 Å². The molecular formula is C22H32N4O3S. The quantitative estimate of drug-likeness (QED) is 0.682. The molecule has 30 heavy (non-hydrogen) atoms. The lowest BCUT2D eigenvalue weighted by atomic mass is 10.2. The molecule has 1 heterocycles. The normalized spacial score (nSPS) is 15.8. The summed E-state index contributed by atoms with van der Waals surface area (Å²) < 4.78 is 0. The molecule has 0 saturated carbocycles. The van der Waals surface area contributed by atoms with Gasteiger partial charge in [0.2, 0.25) is 5.91 Å². The average Bonchev–Trinajstić information content (AvgIpc) is 2.73. The summed E-state index contributed by atoms with van der Waals surface area (Å²) in [7, 11) is 2.03. The van der Waals surface area contributed by atoms with E-state index in [-0.39, 0.29) is 17.1 Å². The Morgan fingerprint density at radius 2 is 1.83 bits per heavy atom. The zero-order chi connectivity index (χ0) is 21.9. The average molecular weight is 433 g/mol. The molecule has 0 unspecified atom stereocenters. The summed E-state index contributed by atoms with van der Waals surface area (Å²) >= 11 is 1.19. The van der Waals surface area contributed by atoms with E-state index in [0.717, 1.165) is 18.7 Å². The monoisotopic (exact) mass is 432 g/mol. The fraction of sp³-hybridized carbons (Fsp3) is 0.500. The smallest absolute Gasteiger partial charge is 0.318 e. The number of hydrogen-bond acceptors (Lipinski definition) is 5. The molecule has 0 aliphatic carbocycles. The highest BCUT2D eigenvalue weighted by atomic mass is 32.2. The van der Waals surface area contributed by atoms with Crippen LogP contribution >= 0.6 is 11.8 Å². The van der Waals surface area contributed by atoms with Crippen molar-refractivity contribution in [1.82, 2.24) is 20.0 Å². The highest BCUT2D eigenvalue weighted by Crippen LogP contribution is 2.07. The largest absolute Gasteiger partial charge is 0.338 e. The predicted molar refractivity (Wildman–Crippen MR) is 122 cm³/mol. The van der Waals surface area contributed by atoms with Crippen LogP contribution in [0, 0.1) is 0 Å². The fourth-order valence-electron chi connectivity index (χ4n) is 3.09. The van der Waals surface area contributed by atoms with Gasteiger partial charge in [-0.05, 0) is 19.5 Å².